The molecule has 1 amide bonds. The quantitative estimate of drug-likeness (QED) is 0.663. The summed E-state index contributed by atoms with van der Waals surface area (Å²) in [6.07, 6.45) is 1.39. The molecule has 0 spiro atoms. The van der Waals surface area contributed by atoms with Crippen LogP contribution in [0.25, 0.3) is 0 Å². The van der Waals surface area contributed by atoms with Crippen molar-refractivity contribution in [1.82, 2.24) is 5.16 Å². The van der Waals surface area contributed by atoms with E-state index in [9.17, 15) is 4.79 Å². The molecule has 1 aromatic rings. The first-order chi connectivity index (χ1) is 5.29. The summed E-state index contributed by atoms with van der Waals surface area (Å²) in [5, 5.41) is 6.18. The van der Waals surface area contributed by atoms with E-state index in [1.807, 2.05) is 13.8 Å². The van der Waals surface area contributed by atoms with E-state index < -0.39 is 0 Å². The van der Waals surface area contributed by atoms with Gasteiger partial charge < -0.3 is 4.52 Å². The number of hydrogen-bond donors (Lipinski definition) is 1. The normalized spacial score (nSPS) is 9.64. The summed E-state index contributed by atoms with van der Waals surface area (Å²) < 4.78 is 4.83. The van der Waals surface area contributed by atoms with Crippen molar-refractivity contribution in [2.24, 2.45) is 0 Å². The zero-order chi connectivity index (χ0) is 8.27. The minimum Gasteiger partial charge on any atom is -0.338 e. The Labute approximate surface area is 64.6 Å². The minimum absolute atomic E-state index is 0.442. The van der Waals surface area contributed by atoms with Gasteiger partial charge in [-0.25, -0.2) is 0 Å². The molecule has 0 aliphatic rings. The third-order valence-corrected chi connectivity index (χ3v) is 1.55. The highest BCUT2D eigenvalue weighted by Crippen LogP contribution is 2.17. The molecule has 4 nitrogen and oxygen atoms in total. The van der Waals surface area contributed by atoms with Crippen molar-refractivity contribution in [2.45, 2.75) is 20.3 Å². The third-order valence-electron chi connectivity index (χ3n) is 1.55. The fourth-order valence-corrected chi connectivity index (χ4v) is 0.887. The van der Waals surface area contributed by atoms with Crippen molar-refractivity contribution in [2.75, 3.05) is 5.32 Å². The molecule has 0 aliphatic heterocycles. The number of aryl methyl sites for hydroxylation is 1. The predicted octanol–water partition coefficient (Wildman–Crippen LogP) is 1.11. The first kappa shape index (κ1) is 7.78. The monoisotopic (exact) mass is 154 g/mol. The van der Waals surface area contributed by atoms with Gasteiger partial charge in [-0.15, -0.1) is 0 Å². The smallest absolute Gasteiger partial charge is 0.234 e. The van der Waals surface area contributed by atoms with Crippen molar-refractivity contribution >= 4 is 12.3 Å². The van der Waals surface area contributed by atoms with Crippen molar-refractivity contribution in [1.29, 1.82) is 0 Å². The fraction of sp³-hybridized carbons (Fsp3) is 0.429. The van der Waals surface area contributed by atoms with E-state index in [2.05, 4.69) is 10.5 Å². The first-order valence-corrected chi connectivity index (χ1v) is 3.45. The van der Waals surface area contributed by atoms with E-state index in [-0.39, 0.29) is 0 Å². The van der Waals surface area contributed by atoms with Crippen molar-refractivity contribution in [3.63, 3.8) is 0 Å². The van der Waals surface area contributed by atoms with Crippen molar-refractivity contribution < 1.29 is 9.32 Å². The Hall–Kier alpha value is -1.32. The number of carbonyl (C=O) groups excluding carboxylic acids is 1. The van der Waals surface area contributed by atoms with Gasteiger partial charge in [0.05, 0.1) is 5.69 Å². The molecule has 0 aromatic carbocycles. The van der Waals surface area contributed by atoms with E-state index >= 15 is 0 Å². The molecular weight excluding hydrogens is 144 g/mol. The van der Waals surface area contributed by atoms with Crippen LogP contribution in [-0.4, -0.2) is 11.6 Å². The number of nitrogens with zero attached hydrogens (tertiary/aromatic N) is 1. The highest BCUT2D eigenvalue weighted by atomic mass is 16.5. The maximum atomic E-state index is 10.0. The molecule has 0 bridgehead atoms. The summed E-state index contributed by atoms with van der Waals surface area (Å²) in [5.41, 5.74) is 1.79. The number of carbonyl (C=O) groups is 1. The van der Waals surface area contributed by atoms with Gasteiger partial charge in [-0.05, 0) is 13.3 Å². The molecule has 0 saturated carbocycles. The number of aromatic nitrogens is 1. The summed E-state index contributed by atoms with van der Waals surface area (Å²) in [4.78, 5) is 10.0. The Balaban J connectivity index is 2.90. The molecule has 1 aromatic heterocycles. The van der Waals surface area contributed by atoms with Gasteiger partial charge in [0.25, 0.3) is 0 Å². The van der Waals surface area contributed by atoms with Crippen LogP contribution in [0.15, 0.2) is 4.52 Å². The number of nitrogens with one attached hydrogen (secondary N) is 1. The highest BCUT2D eigenvalue weighted by molar-refractivity contribution is 5.69. The molecule has 1 N–H and O–H groups in total. The topological polar surface area (TPSA) is 55.1 Å². The van der Waals surface area contributed by atoms with Crippen LogP contribution in [0.1, 0.15) is 18.2 Å². The SMILES string of the molecule is CCc1noc(NC=O)c1C. The maximum absolute atomic E-state index is 10.0. The molecule has 60 valence electrons. The minimum atomic E-state index is 0.442. The lowest BCUT2D eigenvalue weighted by Crippen LogP contribution is -1.93. The number of rotatable bonds is 3. The molecule has 0 saturated heterocycles. The lowest BCUT2D eigenvalue weighted by atomic mass is 10.2. The van der Waals surface area contributed by atoms with Gasteiger partial charge in [0.2, 0.25) is 12.3 Å². The van der Waals surface area contributed by atoms with E-state index in [1.165, 1.54) is 0 Å². The molecule has 1 rings (SSSR count). The van der Waals surface area contributed by atoms with E-state index in [1.54, 1.807) is 0 Å². The van der Waals surface area contributed by atoms with Gasteiger partial charge >= 0.3 is 0 Å². The van der Waals surface area contributed by atoms with Crippen LogP contribution in [0.4, 0.5) is 5.88 Å². The van der Waals surface area contributed by atoms with Crippen molar-refractivity contribution in [3.05, 3.63) is 11.3 Å². The lowest BCUT2D eigenvalue weighted by Gasteiger charge is -1.90. The Kier molecular flexibility index (Phi) is 2.25. The van der Waals surface area contributed by atoms with E-state index in [4.69, 9.17) is 4.52 Å². The summed E-state index contributed by atoms with van der Waals surface area (Å²) in [6.45, 7) is 3.84. The van der Waals surface area contributed by atoms with Gasteiger partial charge in [-0.2, -0.15) is 0 Å². The maximum Gasteiger partial charge on any atom is 0.234 e. The molecule has 4 heteroatoms. The lowest BCUT2D eigenvalue weighted by molar-refractivity contribution is -0.105. The van der Waals surface area contributed by atoms with Gasteiger partial charge in [-0.3, -0.25) is 10.1 Å². The fourth-order valence-electron chi connectivity index (χ4n) is 0.887. The molecule has 0 aliphatic carbocycles. The molecular formula is C7H10N2O2. The zero-order valence-corrected chi connectivity index (χ0v) is 6.55. The predicted molar refractivity (Wildman–Crippen MR) is 40.3 cm³/mol. The van der Waals surface area contributed by atoms with Crippen LogP contribution >= 0.6 is 0 Å². The number of hydrogen-bond acceptors (Lipinski definition) is 3. The number of anilines is 1. The molecule has 0 fully saturated rings. The third kappa shape index (κ3) is 1.39. The van der Waals surface area contributed by atoms with Gasteiger partial charge in [0, 0.05) is 5.56 Å². The van der Waals surface area contributed by atoms with Gasteiger partial charge in [-0.1, -0.05) is 12.1 Å². The van der Waals surface area contributed by atoms with Crippen LogP contribution in [0.2, 0.25) is 0 Å². The molecule has 0 unspecified atom stereocenters. The standard InChI is InChI=1S/C7H10N2O2/c1-3-6-5(2)7(8-4-10)11-9-6/h4H,3H2,1-2H3,(H,8,10). The van der Waals surface area contributed by atoms with E-state index in [0.717, 1.165) is 17.7 Å². The Morgan fingerprint density at radius 1 is 1.73 bits per heavy atom. The summed E-state index contributed by atoms with van der Waals surface area (Å²) in [7, 11) is 0. The Bertz CT molecular complexity index is 255. The average molecular weight is 154 g/mol. The molecule has 0 radical (unpaired) electrons. The summed E-state index contributed by atoms with van der Waals surface area (Å²) >= 11 is 0. The second-order valence-electron chi connectivity index (χ2n) is 2.20. The summed E-state index contributed by atoms with van der Waals surface area (Å²) in [6, 6.07) is 0. The molecule has 1 heterocycles. The van der Waals surface area contributed by atoms with Crippen molar-refractivity contribution in [3.8, 4) is 0 Å². The van der Waals surface area contributed by atoms with E-state index in [0.29, 0.717) is 12.3 Å². The van der Waals surface area contributed by atoms with Crippen LogP contribution < -0.4 is 5.32 Å². The largest absolute Gasteiger partial charge is 0.338 e. The number of amides is 1. The second kappa shape index (κ2) is 3.18. The Morgan fingerprint density at radius 3 is 2.91 bits per heavy atom. The highest BCUT2D eigenvalue weighted by Gasteiger charge is 2.08. The van der Waals surface area contributed by atoms with Gasteiger partial charge in [0.15, 0.2) is 0 Å². The second-order valence-corrected chi connectivity index (χ2v) is 2.20. The first-order valence-electron chi connectivity index (χ1n) is 3.45. The van der Waals surface area contributed by atoms with Crippen LogP contribution in [0, 0.1) is 6.92 Å². The van der Waals surface area contributed by atoms with Crippen LogP contribution in [-0.2, 0) is 11.2 Å². The Morgan fingerprint density at radius 2 is 2.45 bits per heavy atom. The average Bonchev–Trinajstić information content (AvgIpc) is 2.34. The van der Waals surface area contributed by atoms with Crippen LogP contribution in [0.3, 0.4) is 0 Å². The summed E-state index contributed by atoms with van der Waals surface area (Å²) in [5.74, 6) is 0.442. The zero-order valence-electron chi connectivity index (χ0n) is 6.55. The van der Waals surface area contributed by atoms with Gasteiger partial charge in [0.1, 0.15) is 0 Å². The molecule has 11 heavy (non-hydrogen) atoms. The van der Waals surface area contributed by atoms with Crippen LogP contribution in [0.5, 0.6) is 0 Å². The molecule has 0 atom stereocenters.